The number of aliphatic hydroxyl groups excluding tert-OH is 1. The van der Waals surface area contributed by atoms with Gasteiger partial charge in [-0.3, -0.25) is 4.90 Å². The van der Waals surface area contributed by atoms with Crippen LogP contribution in [0.15, 0.2) is 24.3 Å². The summed E-state index contributed by atoms with van der Waals surface area (Å²) in [5.74, 6) is -0.195. The van der Waals surface area contributed by atoms with Crippen LogP contribution in [0.4, 0.5) is 4.39 Å². The predicted molar refractivity (Wildman–Crippen MR) is 63.7 cm³/mol. The summed E-state index contributed by atoms with van der Waals surface area (Å²) in [7, 11) is 1.90. The summed E-state index contributed by atoms with van der Waals surface area (Å²) in [6.07, 6.45) is -0.431. The molecule has 0 spiro atoms. The predicted octanol–water partition coefficient (Wildman–Crippen LogP) is 2.59. The Morgan fingerprint density at radius 2 is 1.75 bits per heavy atom. The van der Waals surface area contributed by atoms with E-state index in [1.807, 2.05) is 31.9 Å². The molecule has 0 saturated carbocycles. The lowest BCUT2D eigenvalue weighted by Crippen LogP contribution is -2.39. The SMILES string of the molecule is CC(O)C(C)N(C)C(C)c1ccccc1F. The van der Waals surface area contributed by atoms with Crippen molar-refractivity contribution in [2.24, 2.45) is 0 Å². The molecule has 0 amide bonds. The van der Waals surface area contributed by atoms with Crippen molar-refractivity contribution in [3.63, 3.8) is 0 Å². The average molecular weight is 225 g/mol. The maximum atomic E-state index is 13.6. The van der Waals surface area contributed by atoms with Gasteiger partial charge in [-0.15, -0.1) is 0 Å². The highest BCUT2D eigenvalue weighted by Crippen LogP contribution is 2.23. The summed E-state index contributed by atoms with van der Waals surface area (Å²) in [6.45, 7) is 5.62. The number of hydrogen-bond donors (Lipinski definition) is 1. The van der Waals surface area contributed by atoms with E-state index in [2.05, 4.69) is 0 Å². The fourth-order valence-corrected chi connectivity index (χ4v) is 1.73. The van der Waals surface area contributed by atoms with Gasteiger partial charge in [-0.1, -0.05) is 18.2 Å². The van der Waals surface area contributed by atoms with Crippen molar-refractivity contribution in [2.75, 3.05) is 7.05 Å². The molecule has 3 heteroatoms. The third-order valence-corrected chi connectivity index (χ3v) is 3.31. The Kier molecular flexibility index (Phi) is 4.44. The van der Waals surface area contributed by atoms with Crippen LogP contribution in [0.5, 0.6) is 0 Å². The zero-order valence-corrected chi connectivity index (χ0v) is 10.3. The summed E-state index contributed by atoms with van der Waals surface area (Å²) in [5.41, 5.74) is 0.664. The van der Waals surface area contributed by atoms with E-state index in [0.717, 1.165) is 0 Å². The summed E-state index contributed by atoms with van der Waals surface area (Å²) >= 11 is 0. The molecule has 0 saturated heterocycles. The van der Waals surface area contributed by atoms with Gasteiger partial charge in [-0.2, -0.15) is 0 Å². The monoisotopic (exact) mass is 225 g/mol. The average Bonchev–Trinajstić information content (AvgIpc) is 2.26. The van der Waals surface area contributed by atoms with E-state index in [4.69, 9.17) is 0 Å². The first kappa shape index (κ1) is 13.1. The summed E-state index contributed by atoms with van der Waals surface area (Å²) in [5, 5.41) is 9.52. The Morgan fingerprint density at radius 3 is 2.25 bits per heavy atom. The summed E-state index contributed by atoms with van der Waals surface area (Å²) in [4.78, 5) is 1.98. The lowest BCUT2D eigenvalue weighted by molar-refractivity contribution is 0.0646. The molecule has 0 heterocycles. The van der Waals surface area contributed by atoms with E-state index in [9.17, 15) is 9.50 Å². The van der Waals surface area contributed by atoms with Crippen LogP contribution in [0, 0.1) is 5.82 Å². The highest BCUT2D eigenvalue weighted by Gasteiger charge is 2.22. The van der Waals surface area contributed by atoms with Gasteiger partial charge in [0, 0.05) is 17.6 Å². The Labute approximate surface area is 96.7 Å². The molecule has 1 aromatic rings. The number of nitrogens with zero attached hydrogens (tertiary/aromatic N) is 1. The molecule has 1 rings (SSSR count). The fourth-order valence-electron chi connectivity index (χ4n) is 1.73. The van der Waals surface area contributed by atoms with Gasteiger partial charge in [0.25, 0.3) is 0 Å². The lowest BCUT2D eigenvalue weighted by Gasteiger charge is -2.32. The number of rotatable bonds is 4. The molecule has 0 aliphatic rings. The molecule has 16 heavy (non-hydrogen) atoms. The van der Waals surface area contributed by atoms with Crippen LogP contribution >= 0.6 is 0 Å². The minimum atomic E-state index is -0.431. The van der Waals surface area contributed by atoms with E-state index in [1.54, 1.807) is 19.1 Å². The van der Waals surface area contributed by atoms with Crippen molar-refractivity contribution in [2.45, 2.75) is 39.0 Å². The number of benzene rings is 1. The smallest absolute Gasteiger partial charge is 0.127 e. The topological polar surface area (TPSA) is 23.5 Å². The summed E-state index contributed by atoms with van der Waals surface area (Å²) < 4.78 is 13.6. The maximum absolute atomic E-state index is 13.6. The molecule has 3 atom stereocenters. The minimum absolute atomic E-state index is 0.00499. The van der Waals surface area contributed by atoms with Crippen LogP contribution in [0.3, 0.4) is 0 Å². The van der Waals surface area contributed by atoms with Crippen molar-refractivity contribution in [3.8, 4) is 0 Å². The molecule has 0 fully saturated rings. The second kappa shape index (κ2) is 5.41. The van der Waals surface area contributed by atoms with Gasteiger partial charge >= 0.3 is 0 Å². The van der Waals surface area contributed by atoms with E-state index >= 15 is 0 Å². The molecule has 0 aromatic heterocycles. The van der Waals surface area contributed by atoms with Gasteiger partial charge < -0.3 is 5.11 Å². The quantitative estimate of drug-likeness (QED) is 0.851. The third-order valence-electron chi connectivity index (χ3n) is 3.31. The van der Waals surface area contributed by atoms with Gasteiger partial charge in [-0.05, 0) is 33.9 Å². The van der Waals surface area contributed by atoms with Crippen LogP contribution in [0.2, 0.25) is 0 Å². The minimum Gasteiger partial charge on any atom is -0.392 e. The second-order valence-electron chi connectivity index (χ2n) is 4.34. The van der Waals surface area contributed by atoms with Crippen LogP contribution in [-0.4, -0.2) is 29.2 Å². The third kappa shape index (κ3) is 2.80. The molecule has 0 radical (unpaired) electrons. The normalized spacial score (nSPS) is 17.2. The second-order valence-corrected chi connectivity index (χ2v) is 4.34. The Bertz CT molecular complexity index is 340. The van der Waals surface area contributed by atoms with Crippen LogP contribution in [-0.2, 0) is 0 Å². The van der Waals surface area contributed by atoms with Gasteiger partial charge in [-0.25, -0.2) is 4.39 Å². The molecule has 3 unspecified atom stereocenters. The first-order valence-electron chi connectivity index (χ1n) is 5.59. The van der Waals surface area contributed by atoms with E-state index in [1.165, 1.54) is 6.07 Å². The zero-order valence-electron chi connectivity index (χ0n) is 10.3. The molecular weight excluding hydrogens is 205 g/mol. The fraction of sp³-hybridized carbons (Fsp3) is 0.538. The molecular formula is C13H20FNO. The van der Waals surface area contributed by atoms with Crippen LogP contribution < -0.4 is 0 Å². The van der Waals surface area contributed by atoms with Gasteiger partial charge in [0.2, 0.25) is 0 Å². The zero-order chi connectivity index (χ0) is 12.3. The van der Waals surface area contributed by atoms with E-state index in [0.29, 0.717) is 5.56 Å². The molecule has 2 nitrogen and oxygen atoms in total. The van der Waals surface area contributed by atoms with Crippen LogP contribution in [0.25, 0.3) is 0 Å². The Hall–Kier alpha value is -0.930. The standard InChI is InChI=1S/C13H20FNO/c1-9(11(3)16)15(4)10(2)12-7-5-6-8-13(12)14/h5-11,16H,1-4H3. The number of aliphatic hydroxyl groups is 1. The first-order chi connectivity index (χ1) is 7.45. The highest BCUT2D eigenvalue weighted by atomic mass is 19.1. The van der Waals surface area contributed by atoms with Gasteiger partial charge in [0.15, 0.2) is 0 Å². The number of likely N-dealkylation sites (N-methyl/N-ethyl adjacent to an activating group) is 1. The first-order valence-corrected chi connectivity index (χ1v) is 5.59. The highest BCUT2D eigenvalue weighted by molar-refractivity contribution is 5.20. The maximum Gasteiger partial charge on any atom is 0.127 e. The lowest BCUT2D eigenvalue weighted by atomic mass is 10.0. The summed E-state index contributed by atoms with van der Waals surface area (Å²) in [6, 6.07) is 6.71. The van der Waals surface area contributed by atoms with E-state index < -0.39 is 6.10 Å². The van der Waals surface area contributed by atoms with Crippen molar-refractivity contribution < 1.29 is 9.50 Å². The van der Waals surface area contributed by atoms with Crippen molar-refractivity contribution in [3.05, 3.63) is 35.6 Å². The molecule has 0 bridgehead atoms. The van der Waals surface area contributed by atoms with Gasteiger partial charge in [0.05, 0.1) is 6.10 Å². The Balaban J connectivity index is 2.86. The van der Waals surface area contributed by atoms with Crippen molar-refractivity contribution in [1.82, 2.24) is 4.90 Å². The van der Waals surface area contributed by atoms with Gasteiger partial charge in [0.1, 0.15) is 5.82 Å². The van der Waals surface area contributed by atoms with Crippen LogP contribution in [0.1, 0.15) is 32.4 Å². The molecule has 1 aromatic carbocycles. The Morgan fingerprint density at radius 1 is 1.19 bits per heavy atom. The van der Waals surface area contributed by atoms with Crippen molar-refractivity contribution >= 4 is 0 Å². The number of halogens is 1. The van der Waals surface area contributed by atoms with Crippen molar-refractivity contribution in [1.29, 1.82) is 0 Å². The molecule has 0 aliphatic heterocycles. The number of hydrogen-bond acceptors (Lipinski definition) is 2. The largest absolute Gasteiger partial charge is 0.392 e. The molecule has 0 aliphatic carbocycles. The molecule has 90 valence electrons. The van der Waals surface area contributed by atoms with E-state index in [-0.39, 0.29) is 17.9 Å². The molecule has 1 N–H and O–H groups in total.